The molecule has 8 heteroatoms. The van der Waals surface area contributed by atoms with Crippen molar-refractivity contribution < 1.29 is 0 Å². The van der Waals surface area contributed by atoms with Gasteiger partial charge in [0, 0.05) is 92.3 Å². The topological polar surface area (TPSA) is 68.8 Å². The maximum Gasteiger partial charge on any atom is 0.101 e. The number of rotatable bonds is 9. The molecule has 82 heavy (non-hydrogen) atoms. The third-order valence-corrected chi connectivity index (χ3v) is 17.4. The second-order valence-electron chi connectivity index (χ2n) is 20.7. The van der Waals surface area contributed by atoms with Crippen LogP contribution in [0.4, 0.5) is 34.1 Å². The molecule has 0 spiro atoms. The van der Waals surface area contributed by atoms with Crippen molar-refractivity contribution in [1.29, 1.82) is 10.5 Å². The van der Waals surface area contributed by atoms with Crippen LogP contribution in [0.3, 0.4) is 0 Å². The van der Waals surface area contributed by atoms with Crippen LogP contribution in [0.2, 0.25) is 0 Å². The van der Waals surface area contributed by atoms with Gasteiger partial charge >= 0.3 is 0 Å². The van der Waals surface area contributed by atoms with E-state index in [1.165, 1.54) is 15.5 Å². The fourth-order valence-electron chi connectivity index (χ4n) is 12.7. The van der Waals surface area contributed by atoms with Crippen molar-refractivity contribution in [2.75, 3.05) is 9.80 Å². The van der Waals surface area contributed by atoms with Crippen LogP contribution in [0, 0.1) is 22.7 Å². The highest BCUT2D eigenvalue weighted by Crippen LogP contribution is 2.48. The van der Waals surface area contributed by atoms with Gasteiger partial charge in [-0.2, -0.15) is 10.5 Å². The first kappa shape index (κ1) is 46.9. The zero-order chi connectivity index (χ0) is 54.4. The summed E-state index contributed by atoms with van der Waals surface area (Å²) in [6, 6.07) is 101. The van der Waals surface area contributed by atoms with Gasteiger partial charge in [0.15, 0.2) is 0 Å². The molecule has 0 aliphatic heterocycles. The van der Waals surface area contributed by atoms with Crippen molar-refractivity contribution in [2.45, 2.75) is 0 Å². The zero-order valence-electron chi connectivity index (χ0n) is 44.0. The van der Waals surface area contributed by atoms with E-state index in [1.54, 1.807) is 11.3 Å². The van der Waals surface area contributed by atoms with Crippen LogP contribution in [-0.2, 0) is 0 Å². The Labute approximate surface area is 475 Å². The van der Waals surface area contributed by atoms with Gasteiger partial charge in [-0.05, 0) is 133 Å². The second-order valence-corrected chi connectivity index (χ2v) is 21.8. The van der Waals surface area contributed by atoms with E-state index in [0.29, 0.717) is 22.5 Å². The van der Waals surface area contributed by atoms with E-state index < -0.39 is 0 Å². The highest BCUT2D eigenvalue weighted by Gasteiger charge is 2.27. The summed E-state index contributed by atoms with van der Waals surface area (Å²) in [5.74, 6) is 0. The van der Waals surface area contributed by atoms with Crippen LogP contribution >= 0.6 is 11.3 Å². The molecule has 0 bridgehead atoms. The van der Waals surface area contributed by atoms with E-state index in [-0.39, 0.29) is 0 Å². The number of hydrogen-bond acceptors (Lipinski definition) is 5. The Kier molecular flexibility index (Phi) is 10.7. The Hall–Kier alpha value is -11.2. The van der Waals surface area contributed by atoms with Gasteiger partial charge in [-0.1, -0.05) is 140 Å². The quantitative estimate of drug-likeness (QED) is 0.144. The Balaban J connectivity index is 0.988. The molecule has 0 unspecified atom stereocenters. The Bertz CT molecular complexity index is 5220. The number of anilines is 6. The van der Waals surface area contributed by atoms with Crippen LogP contribution in [-0.4, -0.2) is 13.7 Å². The zero-order valence-corrected chi connectivity index (χ0v) is 44.8. The summed E-state index contributed by atoms with van der Waals surface area (Å²) in [7, 11) is 0. The lowest BCUT2D eigenvalue weighted by Gasteiger charge is -2.25. The number of thiophene rings is 1. The average Bonchev–Trinajstić information content (AvgIpc) is 4.19. The summed E-state index contributed by atoms with van der Waals surface area (Å²) in [6.45, 7) is 0. The van der Waals surface area contributed by atoms with Crippen molar-refractivity contribution in [3.05, 3.63) is 284 Å². The van der Waals surface area contributed by atoms with Crippen molar-refractivity contribution in [1.82, 2.24) is 13.7 Å². The summed E-state index contributed by atoms with van der Waals surface area (Å²) in [6.07, 6.45) is 0. The Morgan fingerprint density at radius 2 is 0.707 bits per heavy atom. The van der Waals surface area contributed by atoms with Crippen molar-refractivity contribution in [3.8, 4) is 29.2 Å². The average molecular weight is 1060 g/mol. The maximum absolute atomic E-state index is 11.8. The van der Waals surface area contributed by atoms with E-state index in [2.05, 4.69) is 266 Å². The van der Waals surface area contributed by atoms with Gasteiger partial charge in [-0.25, -0.2) is 0 Å². The number of aromatic nitrogens is 3. The summed E-state index contributed by atoms with van der Waals surface area (Å²) in [5.41, 5.74) is 15.0. The van der Waals surface area contributed by atoms with Gasteiger partial charge in [-0.15, -0.1) is 11.3 Å². The summed E-state index contributed by atoms with van der Waals surface area (Å²) in [5, 5.41) is 32.2. The lowest BCUT2D eigenvalue weighted by molar-refractivity contribution is 1.12. The Morgan fingerprint density at radius 3 is 1.27 bits per heavy atom. The largest absolute Gasteiger partial charge is 0.310 e. The number of benzene rings is 12. The lowest BCUT2D eigenvalue weighted by atomic mass is 10.1. The van der Waals surface area contributed by atoms with Crippen LogP contribution in [0.5, 0.6) is 0 Å². The second kappa shape index (κ2) is 18.8. The molecule has 4 heterocycles. The predicted molar refractivity (Wildman–Crippen MR) is 341 cm³/mol. The Morgan fingerprint density at radius 1 is 0.280 bits per heavy atom. The number of nitriles is 2. The summed E-state index contributed by atoms with van der Waals surface area (Å²) in [4.78, 5) is 4.57. The SMILES string of the molecule is N#Cc1cc(-n2c3ccc(N(c4ccccc4)c4ccccc4)cc3c3ccc4c5ccccc5n(-c5ccccc5)c4c32)c(C#N)cc1-n1c2ccc(N(c3ccccc3)c3ccccc3)cc2c2cc3c(cc21)sc1ccccc13. The summed E-state index contributed by atoms with van der Waals surface area (Å²) >= 11 is 1.77. The number of nitrogens with zero attached hydrogens (tertiary/aromatic N) is 7. The van der Waals surface area contributed by atoms with Crippen LogP contribution in [0.1, 0.15) is 11.1 Å². The highest BCUT2D eigenvalue weighted by molar-refractivity contribution is 7.25. The molecule has 16 aromatic rings. The molecule has 0 aliphatic carbocycles. The van der Waals surface area contributed by atoms with E-state index in [4.69, 9.17) is 0 Å². The molecule has 12 aromatic carbocycles. The first-order valence-corrected chi connectivity index (χ1v) is 28.2. The minimum atomic E-state index is 0.431. The molecule has 0 radical (unpaired) electrons. The van der Waals surface area contributed by atoms with E-state index in [9.17, 15) is 10.5 Å². The molecule has 4 aromatic heterocycles. The third-order valence-electron chi connectivity index (χ3n) is 16.2. The molecule has 0 saturated carbocycles. The number of para-hydroxylation sites is 6. The first-order valence-electron chi connectivity index (χ1n) is 27.4. The lowest BCUT2D eigenvalue weighted by Crippen LogP contribution is -2.09. The van der Waals surface area contributed by atoms with Crippen LogP contribution in [0.25, 0.3) is 103 Å². The van der Waals surface area contributed by atoms with Crippen molar-refractivity contribution >= 4 is 131 Å². The van der Waals surface area contributed by atoms with Crippen molar-refractivity contribution in [3.63, 3.8) is 0 Å². The standard InChI is InChI=1S/C74H45N7S/c75-46-48-41-69(49(47-76)40-68(48)80-66-38-34-56(78(52-24-10-3-11-25-52)53-26-12-4-13-27-53)43-62(66)63-44-64-58-31-17-19-33-71(58)82-72(64)45-70(63)80)81-67-39-35-55(77(50-20-6-1-7-21-50)51-22-8-2-9-23-51)42-61(67)60-37-36-59-57-30-16-18-32-65(57)79(73(59)74(60)81)54-28-14-5-15-29-54/h1-45H. The smallest absolute Gasteiger partial charge is 0.101 e. The van der Waals surface area contributed by atoms with E-state index in [1.807, 2.05) is 42.5 Å². The molecule has 0 aliphatic rings. The fourth-order valence-corrected chi connectivity index (χ4v) is 13.8. The minimum absolute atomic E-state index is 0.431. The highest BCUT2D eigenvalue weighted by atomic mass is 32.1. The van der Waals surface area contributed by atoms with Gasteiger partial charge < -0.3 is 23.5 Å². The molecule has 0 N–H and O–H groups in total. The number of hydrogen-bond donors (Lipinski definition) is 0. The fraction of sp³-hybridized carbons (Fsp3) is 0. The predicted octanol–water partition coefficient (Wildman–Crippen LogP) is 20.0. The molecular weight excluding hydrogens is 1020 g/mol. The van der Waals surface area contributed by atoms with E-state index >= 15 is 0 Å². The normalized spacial score (nSPS) is 11.6. The summed E-state index contributed by atoms with van der Waals surface area (Å²) < 4.78 is 9.16. The minimum Gasteiger partial charge on any atom is -0.310 e. The van der Waals surface area contributed by atoms with Gasteiger partial charge in [-0.3, -0.25) is 0 Å². The molecular formula is C74H45N7S. The molecule has 382 valence electrons. The first-order chi connectivity index (χ1) is 40.6. The number of fused-ring (bicyclic) bond motifs is 13. The molecule has 7 nitrogen and oxygen atoms in total. The molecule has 0 amide bonds. The van der Waals surface area contributed by atoms with Crippen LogP contribution < -0.4 is 9.80 Å². The maximum atomic E-state index is 11.8. The molecule has 16 rings (SSSR count). The molecule has 0 atom stereocenters. The van der Waals surface area contributed by atoms with Gasteiger partial charge in [0.25, 0.3) is 0 Å². The van der Waals surface area contributed by atoms with Gasteiger partial charge in [0.1, 0.15) is 12.1 Å². The van der Waals surface area contributed by atoms with E-state index in [0.717, 1.165) is 110 Å². The monoisotopic (exact) mass is 1060 g/mol. The molecule has 0 fully saturated rings. The van der Waals surface area contributed by atoms with Crippen molar-refractivity contribution in [2.24, 2.45) is 0 Å². The third kappa shape index (κ3) is 7.20. The van der Waals surface area contributed by atoms with Gasteiger partial charge in [0.05, 0.1) is 55.6 Å². The molecule has 0 saturated heterocycles. The van der Waals surface area contributed by atoms with Gasteiger partial charge in [0.2, 0.25) is 0 Å². The van der Waals surface area contributed by atoms with Crippen LogP contribution in [0.15, 0.2) is 273 Å².